The molecule has 1 rings (SSSR count). The molecule has 0 aliphatic rings. The molecule has 0 saturated heterocycles. The maximum Gasteiger partial charge on any atom is 0.223 e. The Hall–Kier alpha value is -1.31. The lowest BCUT2D eigenvalue weighted by molar-refractivity contribution is -0.116. The number of para-hydroxylation sites is 1. The van der Waals surface area contributed by atoms with Crippen LogP contribution >= 0.6 is 0 Å². The molecule has 2 nitrogen and oxygen atoms in total. The van der Waals surface area contributed by atoms with E-state index in [1.807, 2.05) is 35.2 Å². The fraction of sp³-hybridized carbons (Fsp3) is 0.500. The fourth-order valence-corrected chi connectivity index (χ4v) is 1.77. The summed E-state index contributed by atoms with van der Waals surface area (Å²) in [6.45, 7) is 4.66. The largest absolute Gasteiger partial charge is 0.313 e. The summed E-state index contributed by atoms with van der Waals surface area (Å²) in [6.07, 6.45) is 4.77. The van der Waals surface area contributed by atoms with E-state index in [-0.39, 0.29) is 5.91 Å². The van der Waals surface area contributed by atoms with E-state index in [2.05, 4.69) is 6.92 Å². The third-order valence-electron chi connectivity index (χ3n) is 2.68. The van der Waals surface area contributed by atoms with Crippen LogP contribution in [-0.4, -0.2) is 12.5 Å². The van der Waals surface area contributed by atoms with Gasteiger partial charge in [0.2, 0.25) is 5.91 Å². The lowest BCUT2D eigenvalue weighted by Gasteiger charge is -2.21. The van der Waals surface area contributed by atoms with Crippen LogP contribution in [0.4, 0.5) is 5.69 Å². The van der Waals surface area contributed by atoms with Gasteiger partial charge in [-0.05, 0) is 18.6 Å². The number of unbranched alkanes of at least 4 members (excludes halogenated alkanes) is 3. The van der Waals surface area contributed by atoms with Gasteiger partial charge in [-0.3, -0.25) is 4.79 Å². The summed E-state index contributed by atoms with van der Waals surface area (Å²) in [4.78, 5) is 13.4. The van der Waals surface area contributed by atoms with Crippen molar-refractivity contribution in [3.05, 3.63) is 30.3 Å². The lowest BCUT2D eigenvalue weighted by Crippen LogP contribution is -2.29. The zero-order valence-corrected chi connectivity index (χ0v) is 10.3. The van der Waals surface area contributed by atoms with E-state index in [1.165, 1.54) is 19.3 Å². The molecular formula is C14H21NO. The molecule has 1 amide bonds. The van der Waals surface area contributed by atoms with Crippen molar-refractivity contribution in [2.24, 2.45) is 0 Å². The maximum atomic E-state index is 11.5. The second-order valence-electron chi connectivity index (χ2n) is 4.07. The molecule has 0 unspecified atom stereocenters. The van der Waals surface area contributed by atoms with E-state index >= 15 is 0 Å². The van der Waals surface area contributed by atoms with Crippen molar-refractivity contribution in [1.82, 2.24) is 0 Å². The van der Waals surface area contributed by atoms with Crippen LogP contribution in [0.15, 0.2) is 30.3 Å². The number of nitrogens with zero attached hydrogens (tertiary/aromatic N) is 1. The van der Waals surface area contributed by atoms with Gasteiger partial charge < -0.3 is 4.90 Å². The average molecular weight is 219 g/mol. The molecular weight excluding hydrogens is 198 g/mol. The minimum atomic E-state index is 0.127. The van der Waals surface area contributed by atoms with Crippen molar-refractivity contribution < 1.29 is 4.79 Å². The quantitative estimate of drug-likeness (QED) is 0.669. The van der Waals surface area contributed by atoms with E-state index < -0.39 is 0 Å². The van der Waals surface area contributed by atoms with Crippen molar-refractivity contribution in [3.8, 4) is 0 Å². The van der Waals surface area contributed by atoms with Gasteiger partial charge in [0.15, 0.2) is 0 Å². The smallest absolute Gasteiger partial charge is 0.223 e. The van der Waals surface area contributed by atoms with Crippen molar-refractivity contribution in [1.29, 1.82) is 0 Å². The highest BCUT2D eigenvalue weighted by Gasteiger charge is 2.09. The van der Waals surface area contributed by atoms with E-state index in [0.29, 0.717) is 0 Å². The first-order chi connectivity index (χ1) is 7.75. The molecule has 1 aromatic rings. The molecule has 2 heteroatoms. The molecule has 1 aromatic carbocycles. The van der Waals surface area contributed by atoms with Crippen LogP contribution in [0.1, 0.15) is 39.5 Å². The molecule has 0 aliphatic heterocycles. The van der Waals surface area contributed by atoms with E-state index in [4.69, 9.17) is 0 Å². The molecule has 0 aromatic heterocycles. The zero-order valence-electron chi connectivity index (χ0n) is 10.3. The minimum absolute atomic E-state index is 0.127. The van der Waals surface area contributed by atoms with Gasteiger partial charge in [0.25, 0.3) is 0 Å². The first kappa shape index (κ1) is 12.8. The fourth-order valence-electron chi connectivity index (χ4n) is 1.77. The predicted molar refractivity (Wildman–Crippen MR) is 68.6 cm³/mol. The molecule has 16 heavy (non-hydrogen) atoms. The summed E-state index contributed by atoms with van der Waals surface area (Å²) in [7, 11) is 0. The van der Waals surface area contributed by atoms with Crippen LogP contribution in [0.25, 0.3) is 0 Å². The summed E-state index contributed by atoms with van der Waals surface area (Å²) in [5, 5.41) is 0. The van der Waals surface area contributed by atoms with Crippen LogP contribution in [0.3, 0.4) is 0 Å². The Labute approximate surface area is 98.3 Å². The number of carbonyl (C=O) groups excluding carboxylic acids is 1. The van der Waals surface area contributed by atoms with E-state index in [1.54, 1.807) is 6.92 Å². The van der Waals surface area contributed by atoms with Crippen LogP contribution in [0.5, 0.6) is 0 Å². The zero-order chi connectivity index (χ0) is 11.8. The van der Waals surface area contributed by atoms with Gasteiger partial charge in [-0.15, -0.1) is 0 Å². The van der Waals surface area contributed by atoms with Gasteiger partial charge in [-0.1, -0.05) is 44.4 Å². The number of anilines is 1. The molecule has 0 atom stereocenters. The van der Waals surface area contributed by atoms with Gasteiger partial charge in [0.1, 0.15) is 0 Å². The molecule has 0 bridgehead atoms. The molecule has 0 saturated carbocycles. The number of hydrogen-bond donors (Lipinski definition) is 0. The number of amides is 1. The number of benzene rings is 1. The Kier molecular flexibility index (Phi) is 5.62. The first-order valence-corrected chi connectivity index (χ1v) is 6.09. The summed E-state index contributed by atoms with van der Waals surface area (Å²) in [6, 6.07) is 9.88. The normalized spacial score (nSPS) is 10.1. The summed E-state index contributed by atoms with van der Waals surface area (Å²) in [5.41, 5.74) is 1.01. The third-order valence-corrected chi connectivity index (χ3v) is 2.68. The number of hydrogen-bond acceptors (Lipinski definition) is 1. The number of carbonyl (C=O) groups is 1. The predicted octanol–water partition coefficient (Wildman–Crippen LogP) is 3.62. The minimum Gasteiger partial charge on any atom is -0.313 e. The molecule has 0 aliphatic carbocycles. The Balaban J connectivity index is 2.52. The second kappa shape index (κ2) is 7.04. The average Bonchev–Trinajstić information content (AvgIpc) is 2.30. The van der Waals surface area contributed by atoms with Gasteiger partial charge in [-0.25, -0.2) is 0 Å². The number of rotatable bonds is 6. The monoisotopic (exact) mass is 219 g/mol. The van der Waals surface area contributed by atoms with Crippen LogP contribution < -0.4 is 4.90 Å². The van der Waals surface area contributed by atoms with Crippen LogP contribution in [0.2, 0.25) is 0 Å². The summed E-state index contributed by atoms with van der Waals surface area (Å²) >= 11 is 0. The molecule has 0 N–H and O–H groups in total. The molecule has 0 fully saturated rings. The van der Waals surface area contributed by atoms with Crippen molar-refractivity contribution in [3.63, 3.8) is 0 Å². The Bertz CT molecular complexity index is 308. The Morgan fingerprint density at radius 3 is 2.38 bits per heavy atom. The summed E-state index contributed by atoms with van der Waals surface area (Å²) in [5.74, 6) is 0.127. The second-order valence-corrected chi connectivity index (χ2v) is 4.07. The molecule has 0 heterocycles. The Morgan fingerprint density at radius 1 is 1.12 bits per heavy atom. The highest BCUT2D eigenvalue weighted by atomic mass is 16.2. The summed E-state index contributed by atoms with van der Waals surface area (Å²) < 4.78 is 0. The third kappa shape index (κ3) is 4.05. The topological polar surface area (TPSA) is 20.3 Å². The molecule has 0 radical (unpaired) electrons. The van der Waals surface area contributed by atoms with E-state index in [0.717, 1.165) is 18.7 Å². The van der Waals surface area contributed by atoms with E-state index in [9.17, 15) is 4.79 Å². The van der Waals surface area contributed by atoms with Gasteiger partial charge in [0.05, 0.1) is 0 Å². The maximum absolute atomic E-state index is 11.5. The highest BCUT2D eigenvalue weighted by molar-refractivity contribution is 5.91. The van der Waals surface area contributed by atoms with Crippen molar-refractivity contribution in [2.75, 3.05) is 11.4 Å². The van der Waals surface area contributed by atoms with Gasteiger partial charge >= 0.3 is 0 Å². The lowest BCUT2D eigenvalue weighted by atomic mass is 10.2. The highest BCUT2D eigenvalue weighted by Crippen LogP contribution is 2.14. The molecule has 0 spiro atoms. The Morgan fingerprint density at radius 2 is 1.81 bits per heavy atom. The van der Waals surface area contributed by atoms with Crippen LogP contribution in [0, 0.1) is 0 Å². The first-order valence-electron chi connectivity index (χ1n) is 6.09. The molecule has 88 valence electrons. The van der Waals surface area contributed by atoms with Gasteiger partial charge in [0, 0.05) is 19.2 Å². The van der Waals surface area contributed by atoms with Crippen molar-refractivity contribution >= 4 is 11.6 Å². The van der Waals surface area contributed by atoms with Gasteiger partial charge in [-0.2, -0.15) is 0 Å². The standard InChI is InChI=1S/C14H21NO/c1-3-4-5-9-12-15(13(2)16)14-10-7-6-8-11-14/h6-8,10-11H,3-5,9,12H2,1-2H3. The van der Waals surface area contributed by atoms with Crippen LogP contribution in [-0.2, 0) is 4.79 Å². The van der Waals surface area contributed by atoms with Crippen molar-refractivity contribution in [2.45, 2.75) is 39.5 Å². The SMILES string of the molecule is CCCCCCN(C(C)=O)c1ccccc1.